The number of hydrogen-bond acceptors (Lipinski definition) is 2. The summed E-state index contributed by atoms with van der Waals surface area (Å²) in [7, 11) is 0. The maximum Gasteiger partial charge on any atom is 0.181 e. The van der Waals surface area contributed by atoms with Crippen LogP contribution in [0.25, 0.3) is 0 Å². The van der Waals surface area contributed by atoms with E-state index >= 15 is 0 Å². The highest BCUT2D eigenvalue weighted by atomic mass is 16.1. The van der Waals surface area contributed by atoms with E-state index in [9.17, 15) is 4.79 Å². The number of hydrogen-bond donors (Lipinski definition) is 1. The molecule has 0 aliphatic heterocycles. The lowest BCUT2D eigenvalue weighted by Crippen LogP contribution is -2.27. The Kier molecular flexibility index (Phi) is 2.43. The molecule has 1 heterocycles. The van der Waals surface area contributed by atoms with Crippen LogP contribution in [0.2, 0.25) is 0 Å². The number of carbonyl (C=O) groups excluding carboxylic acids is 1. The van der Waals surface area contributed by atoms with Crippen molar-refractivity contribution in [2.75, 3.05) is 0 Å². The maximum atomic E-state index is 11.8. The van der Waals surface area contributed by atoms with Crippen molar-refractivity contribution in [3.8, 4) is 0 Å². The van der Waals surface area contributed by atoms with E-state index in [1.54, 1.807) is 6.92 Å². The molecule has 1 aliphatic carbocycles. The molecule has 2 N–H and O–H groups in total. The molecule has 1 aromatic heterocycles. The zero-order chi connectivity index (χ0) is 11.2. The van der Waals surface area contributed by atoms with Gasteiger partial charge < -0.3 is 10.3 Å². The summed E-state index contributed by atoms with van der Waals surface area (Å²) < 4.78 is 2.27. The molecule has 82 valence electrons. The zero-order valence-corrected chi connectivity index (χ0v) is 9.58. The van der Waals surface area contributed by atoms with Gasteiger partial charge in [0.05, 0.1) is 6.04 Å². The molecule has 0 saturated heterocycles. The van der Waals surface area contributed by atoms with E-state index < -0.39 is 6.04 Å². The Balaban J connectivity index is 2.41. The minimum Gasteiger partial charge on any atom is -0.345 e. The second-order valence-corrected chi connectivity index (χ2v) is 4.54. The van der Waals surface area contributed by atoms with Crippen LogP contribution >= 0.6 is 0 Å². The third-order valence-electron chi connectivity index (χ3n) is 3.08. The lowest BCUT2D eigenvalue weighted by Gasteiger charge is -2.08. The lowest BCUT2D eigenvalue weighted by atomic mass is 10.1. The summed E-state index contributed by atoms with van der Waals surface area (Å²) in [5.41, 5.74) is 8.69. The molecule has 2 rings (SSSR count). The molecule has 1 aliphatic rings. The van der Waals surface area contributed by atoms with Gasteiger partial charge in [-0.15, -0.1) is 0 Å². The summed E-state index contributed by atoms with van der Waals surface area (Å²) in [6.45, 7) is 5.82. The summed E-state index contributed by atoms with van der Waals surface area (Å²) in [4.78, 5) is 11.8. The van der Waals surface area contributed by atoms with Crippen LogP contribution in [-0.4, -0.2) is 16.4 Å². The molecular formula is C12H18N2O. The van der Waals surface area contributed by atoms with Crippen LogP contribution in [0.3, 0.4) is 0 Å². The molecule has 1 aromatic rings. The van der Waals surface area contributed by atoms with Crippen LogP contribution in [0, 0.1) is 13.8 Å². The van der Waals surface area contributed by atoms with Crippen molar-refractivity contribution in [3.63, 3.8) is 0 Å². The Hall–Kier alpha value is -1.09. The fourth-order valence-electron chi connectivity index (χ4n) is 2.17. The Morgan fingerprint density at radius 2 is 2.13 bits per heavy atom. The number of nitrogens with zero attached hydrogens (tertiary/aromatic N) is 1. The van der Waals surface area contributed by atoms with E-state index in [1.807, 2.05) is 13.0 Å². The van der Waals surface area contributed by atoms with Crippen molar-refractivity contribution in [3.05, 3.63) is 23.0 Å². The van der Waals surface area contributed by atoms with Crippen LogP contribution in [0.5, 0.6) is 0 Å². The second kappa shape index (κ2) is 3.49. The summed E-state index contributed by atoms with van der Waals surface area (Å²) in [5, 5.41) is 0. The molecule has 0 amide bonds. The quantitative estimate of drug-likeness (QED) is 0.769. The molecule has 0 aromatic carbocycles. The predicted molar refractivity (Wildman–Crippen MR) is 60.2 cm³/mol. The van der Waals surface area contributed by atoms with E-state index in [0.29, 0.717) is 6.04 Å². The molecule has 15 heavy (non-hydrogen) atoms. The molecule has 1 atom stereocenters. The van der Waals surface area contributed by atoms with Crippen molar-refractivity contribution in [1.29, 1.82) is 0 Å². The highest BCUT2D eigenvalue weighted by Gasteiger charge is 2.28. The number of aryl methyl sites for hydroxylation is 1. The Labute approximate surface area is 90.3 Å². The van der Waals surface area contributed by atoms with Gasteiger partial charge in [-0.05, 0) is 39.7 Å². The Morgan fingerprint density at radius 1 is 1.53 bits per heavy atom. The van der Waals surface area contributed by atoms with Gasteiger partial charge in [-0.2, -0.15) is 0 Å². The predicted octanol–water partition coefficient (Wildman–Crippen LogP) is 1.97. The fourth-order valence-corrected chi connectivity index (χ4v) is 2.17. The first-order valence-electron chi connectivity index (χ1n) is 5.50. The van der Waals surface area contributed by atoms with Crippen molar-refractivity contribution in [1.82, 2.24) is 4.57 Å². The molecular weight excluding hydrogens is 188 g/mol. The number of nitrogens with two attached hydrogens (primary N) is 1. The van der Waals surface area contributed by atoms with Crippen LogP contribution < -0.4 is 5.73 Å². The number of Topliss-reactive ketones (excluding diaryl/α,β-unsaturated/α-hetero) is 1. The van der Waals surface area contributed by atoms with Crippen LogP contribution in [-0.2, 0) is 0 Å². The second-order valence-electron chi connectivity index (χ2n) is 4.54. The smallest absolute Gasteiger partial charge is 0.181 e. The zero-order valence-electron chi connectivity index (χ0n) is 9.58. The third-order valence-corrected chi connectivity index (χ3v) is 3.08. The van der Waals surface area contributed by atoms with E-state index in [-0.39, 0.29) is 5.78 Å². The first-order valence-corrected chi connectivity index (χ1v) is 5.50. The first kappa shape index (κ1) is 10.4. The van der Waals surface area contributed by atoms with Gasteiger partial charge in [-0.3, -0.25) is 4.79 Å². The summed E-state index contributed by atoms with van der Waals surface area (Å²) >= 11 is 0. The molecule has 1 fully saturated rings. The van der Waals surface area contributed by atoms with Crippen LogP contribution in [0.15, 0.2) is 6.07 Å². The van der Waals surface area contributed by atoms with E-state index in [1.165, 1.54) is 18.5 Å². The van der Waals surface area contributed by atoms with Gasteiger partial charge in [-0.1, -0.05) is 0 Å². The third kappa shape index (κ3) is 1.72. The molecule has 0 bridgehead atoms. The summed E-state index contributed by atoms with van der Waals surface area (Å²) in [6, 6.07) is 2.19. The number of ketones is 1. The monoisotopic (exact) mass is 206 g/mol. The topological polar surface area (TPSA) is 48.0 Å². The van der Waals surface area contributed by atoms with Crippen molar-refractivity contribution >= 4 is 5.78 Å². The van der Waals surface area contributed by atoms with Gasteiger partial charge in [0.1, 0.15) is 0 Å². The van der Waals surface area contributed by atoms with Gasteiger partial charge in [0.2, 0.25) is 0 Å². The van der Waals surface area contributed by atoms with E-state index in [2.05, 4.69) is 11.5 Å². The van der Waals surface area contributed by atoms with Gasteiger partial charge in [0, 0.05) is 23.0 Å². The first-order chi connectivity index (χ1) is 7.02. The number of carbonyl (C=O) groups is 1. The maximum absolute atomic E-state index is 11.8. The van der Waals surface area contributed by atoms with E-state index in [0.717, 1.165) is 11.3 Å². The van der Waals surface area contributed by atoms with E-state index in [4.69, 9.17) is 5.73 Å². The fraction of sp³-hybridized carbons (Fsp3) is 0.583. The number of rotatable bonds is 3. The van der Waals surface area contributed by atoms with Gasteiger partial charge in [0.15, 0.2) is 5.78 Å². The lowest BCUT2D eigenvalue weighted by molar-refractivity contribution is 0.0967. The van der Waals surface area contributed by atoms with Gasteiger partial charge in [0.25, 0.3) is 0 Å². The molecule has 0 spiro atoms. The average Bonchev–Trinajstić information content (AvgIpc) is 2.93. The highest BCUT2D eigenvalue weighted by molar-refractivity contribution is 6.01. The molecule has 0 radical (unpaired) electrons. The van der Waals surface area contributed by atoms with Crippen molar-refractivity contribution in [2.24, 2.45) is 5.73 Å². The van der Waals surface area contributed by atoms with Crippen LogP contribution in [0.4, 0.5) is 0 Å². The highest BCUT2D eigenvalue weighted by Crippen LogP contribution is 2.38. The normalized spacial score (nSPS) is 17.9. The standard InChI is InChI=1S/C12H18N2O/c1-7-6-11(12(15)8(2)13)9(3)14(7)10-4-5-10/h6,8,10H,4-5,13H2,1-3H3. The largest absolute Gasteiger partial charge is 0.345 e. The molecule has 1 unspecified atom stereocenters. The number of aromatic nitrogens is 1. The van der Waals surface area contributed by atoms with Gasteiger partial charge in [-0.25, -0.2) is 0 Å². The average molecular weight is 206 g/mol. The van der Waals surface area contributed by atoms with Crippen molar-refractivity contribution < 1.29 is 4.79 Å². The van der Waals surface area contributed by atoms with Crippen molar-refractivity contribution in [2.45, 2.75) is 45.7 Å². The Bertz CT molecular complexity index is 400. The summed E-state index contributed by atoms with van der Waals surface area (Å²) in [5.74, 6) is 0.0509. The van der Waals surface area contributed by atoms with Crippen LogP contribution in [0.1, 0.15) is 47.6 Å². The Morgan fingerprint density at radius 3 is 2.60 bits per heavy atom. The molecule has 3 heteroatoms. The molecule has 1 saturated carbocycles. The minimum absolute atomic E-state index is 0.0509. The minimum atomic E-state index is -0.404. The van der Waals surface area contributed by atoms with Gasteiger partial charge >= 0.3 is 0 Å². The molecule has 3 nitrogen and oxygen atoms in total. The SMILES string of the molecule is Cc1cc(C(=O)C(C)N)c(C)n1C1CC1. The summed E-state index contributed by atoms with van der Waals surface area (Å²) in [6.07, 6.45) is 2.48.